The van der Waals surface area contributed by atoms with Crippen molar-refractivity contribution in [2.24, 2.45) is 0 Å². The van der Waals surface area contributed by atoms with Gasteiger partial charge in [0, 0.05) is 5.69 Å². The summed E-state index contributed by atoms with van der Waals surface area (Å²) in [6, 6.07) is 7.87. The lowest BCUT2D eigenvalue weighted by atomic mass is 9.98. The molecule has 0 radical (unpaired) electrons. The average molecular weight is 276 g/mol. The van der Waals surface area contributed by atoms with Gasteiger partial charge >= 0.3 is 0 Å². The Labute approximate surface area is 120 Å². The van der Waals surface area contributed by atoms with Crippen LogP contribution in [-0.4, -0.2) is 25.6 Å². The molecular weight excluding hydrogens is 252 g/mol. The summed E-state index contributed by atoms with van der Waals surface area (Å²) in [6.07, 6.45) is 6.67. The molecule has 1 saturated carbocycles. The zero-order valence-corrected chi connectivity index (χ0v) is 12.2. The molecule has 0 aromatic heterocycles. The van der Waals surface area contributed by atoms with Crippen molar-refractivity contribution in [3.05, 3.63) is 29.8 Å². The third-order valence-corrected chi connectivity index (χ3v) is 3.59. The number of ether oxygens (including phenoxy) is 1. The van der Waals surface area contributed by atoms with E-state index in [-0.39, 0.29) is 5.91 Å². The summed E-state index contributed by atoms with van der Waals surface area (Å²) in [6.45, 7) is 0.948. The van der Waals surface area contributed by atoms with E-state index in [1.807, 2.05) is 24.3 Å². The maximum Gasteiger partial charge on any atom is 0.238 e. The molecule has 20 heavy (non-hydrogen) atoms. The minimum absolute atomic E-state index is 0.0298. The van der Waals surface area contributed by atoms with E-state index in [4.69, 9.17) is 4.74 Å². The van der Waals surface area contributed by atoms with Crippen LogP contribution in [0.15, 0.2) is 24.3 Å². The van der Waals surface area contributed by atoms with Crippen molar-refractivity contribution in [1.82, 2.24) is 5.32 Å². The zero-order valence-electron chi connectivity index (χ0n) is 12.2. The second-order valence-corrected chi connectivity index (χ2v) is 5.35. The number of anilines is 1. The first kappa shape index (κ1) is 15.0. The van der Waals surface area contributed by atoms with Gasteiger partial charge in [-0.2, -0.15) is 0 Å². The Balaban J connectivity index is 1.83. The summed E-state index contributed by atoms with van der Waals surface area (Å²) >= 11 is 0. The molecule has 110 valence electrons. The number of likely N-dealkylation sites (N-methyl/N-ethyl adjacent to an activating group) is 1. The Morgan fingerprint density at radius 3 is 2.85 bits per heavy atom. The van der Waals surface area contributed by atoms with E-state index in [9.17, 15) is 4.79 Å². The summed E-state index contributed by atoms with van der Waals surface area (Å²) in [5.41, 5.74) is 1.94. The van der Waals surface area contributed by atoms with Gasteiger partial charge in [-0.05, 0) is 37.6 Å². The lowest BCUT2D eigenvalue weighted by Crippen LogP contribution is -2.25. The number of nitrogens with one attached hydrogen (secondary N) is 2. The number of hydrogen-bond acceptors (Lipinski definition) is 3. The van der Waals surface area contributed by atoms with E-state index in [0.29, 0.717) is 19.3 Å². The highest BCUT2D eigenvalue weighted by atomic mass is 16.5. The van der Waals surface area contributed by atoms with Gasteiger partial charge in [-0.15, -0.1) is 0 Å². The largest absolute Gasteiger partial charge is 0.374 e. The highest BCUT2D eigenvalue weighted by Gasteiger charge is 2.13. The maximum atomic E-state index is 11.5. The number of carbonyl (C=O) groups is 1. The molecule has 0 aliphatic heterocycles. The standard InChI is InChI=1S/C16H24N2O2/c1-17-11-16(19)18-14-7-5-6-13(10-14)12-20-15-8-3-2-4-9-15/h5-7,10,15,17H,2-4,8-9,11-12H2,1H3,(H,18,19). The Morgan fingerprint density at radius 2 is 2.10 bits per heavy atom. The molecule has 4 heteroatoms. The molecule has 1 aromatic rings. The van der Waals surface area contributed by atoms with E-state index in [1.165, 1.54) is 32.1 Å². The molecule has 0 spiro atoms. The van der Waals surface area contributed by atoms with Crippen LogP contribution in [0.1, 0.15) is 37.7 Å². The van der Waals surface area contributed by atoms with Crippen molar-refractivity contribution in [2.45, 2.75) is 44.8 Å². The third-order valence-electron chi connectivity index (χ3n) is 3.59. The first-order chi connectivity index (χ1) is 9.78. The second kappa shape index (κ2) is 8.02. The number of benzene rings is 1. The Bertz CT molecular complexity index is 428. The van der Waals surface area contributed by atoms with E-state index in [1.54, 1.807) is 7.05 Å². The van der Waals surface area contributed by atoms with Gasteiger partial charge in [0.05, 0.1) is 19.3 Å². The van der Waals surface area contributed by atoms with Gasteiger partial charge in [0.25, 0.3) is 0 Å². The topological polar surface area (TPSA) is 50.4 Å². The minimum Gasteiger partial charge on any atom is -0.374 e. The molecule has 0 saturated heterocycles. The van der Waals surface area contributed by atoms with Crippen LogP contribution in [0.3, 0.4) is 0 Å². The van der Waals surface area contributed by atoms with Crippen molar-refractivity contribution < 1.29 is 9.53 Å². The van der Waals surface area contributed by atoms with Crippen LogP contribution in [0.4, 0.5) is 5.69 Å². The van der Waals surface area contributed by atoms with Gasteiger partial charge in [0.15, 0.2) is 0 Å². The van der Waals surface area contributed by atoms with Crippen molar-refractivity contribution in [3.63, 3.8) is 0 Å². The number of amides is 1. The van der Waals surface area contributed by atoms with Gasteiger partial charge in [0.2, 0.25) is 5.91 Å². The van der Waals surface area contributed by atoms with Crippen molar-refractivity contribution in [1.29, 1.82) is 0 Å². The SMILES string of the molecule is CNCC(=O)Nc1cccc(COC2CCCCC2)c1. The molecule has 1 amide bonds. The lowest BCUT2D eigenvalue weighted by molar-refractivity contribution is -0.115. The fourth-order valence-electron chi connectivity index (χ4n) is 2.55. The summed E-state index contributed by atoms with van der Waals surface area (Å²) in [5, 5.41) is 5.70. The van der Waals surface area contributed by atoms with Crippen molar-refractivity contribution in [2.75, 3.05) is 18.9 Å². The zero-order chi connectivity index (χ0) is 14.2. The second-order valence-electron chi connectivity index (χ2n) is 5.35. The highest BCUT2D eigenvalue weighted by molar-refractivity contribution is 5.92. The summed E-state index contributed by atoms with van der Waals surface area (Å²) in [4.78, 5) is 11.5. The summed E-state index contributed by atoms with van der Waals surface area (Å²) < 4.78 is 5.95. The first-order valence-electron chi connectivity index (χ1n) is 7.43. The van der Waals surface area contributed by atoms with E-state index < -0.39 is 0 Å². The predicted octanol–water partition coefficient (Wildman–Crippen LogP) is 2.69. The Kier molecular flexibility index (Phi) is 6.02. The molecule has 0 heterocycles. The van der Waals surface area contributed by atoms with Crippen molar-refractivity contribution >= 4 is 11.6 Å². The molecule has 0 bridgehead atoms. The monoisotopic (exact) mass is 276 g/mol. The maximum absolute atomic E-state index is 11.5. The molecule has 4 nitrogen and oxygen atoms in total. The van der Waals surface area contributed by atoms with Crippen molar-refractivity contribution in [3.8, 4) is 0 Å². The van der Waals surface area contributed by atoms with Gasteiger partial charge in [-0.25, -0.2) is 0 Å². The smallest absolute Gasteiger partial charge is 0.238 e. The normalized spacial score (nSPS) is 16.1. The quantitative estimate of drug-likeness (QED) is 0.840. The van der Waals surface area contributed by atoms with E-state index in [0.717, 1.165) is 11.3 Å². The molecule has 1 aliphatic carbocycles. The molecule has 1 aliphatic rings. The fourth-order valence-corrected chi connectivity index (χ4v) is 2.55. The van der Waals surface area contributed by atoms with Gasteiger partial charge < -0.3 is 15.4 Å². The molecule has 0 atom stereocenters. The van der Waals surface area contributed by atoms with Crippen LogP contribution in [0, 0.1) is 0 Å². The average Bonchev–Trinajstić information content (AvgIpc) is 2.47. The van der Waals surface area contributed by atoms with Crippen LogP contribution in [-0.2, 0) is 16.1 Å². The third kappa shape index (κ3) is 4.94. The molecule has 2 rings (SSSR count). The molecule has 1 aromatic carbocycles. The molecule has 2 N–H and O–H groups in total. The molecular formula is C16H24N2O2. The molecule has 1 fully saturated rings. The van der Waals surface area contributed by atoms with E-state index >= 15 is 0 Å². The van der Waals surface area contributed by atoms with Gasteiger partial charge in [-0.3, -0.25) is 4.79 Å². The fraction of sp³-hybridized carbons (Fsp3) is 0.562. The minimum atomic E-state index is -0.0298. The van der Waals surface area contributed by atoms with Crippen LogP contribution in [0.5, 0.6) is 0 Å². The highest BCUT2D eigenvalue weighted by Crippen LogP contribution is 2.22. The Morgan fingerprint density at radius 1 is 1.30 bits per heavy atom. The number of rotatable bonds is 6. The summed E-state index contributed by atoms with van der Waals surface area (Å²) in [5.74, 6) is -0.0298. The van der Waals surface area contributed by atoms with Crippen LogP contribution in [0.25, 0.3) is 0 Å². The lowest BCUT2D eigenvalue weighted by Gasteiger charge is -2.22. The van der Waals surface area contributed by atoms with Crippen LogP contribution in [0.2, 0.25) is 0 Å². The van der Waals surface area contributed by atoms with E-state index in [2.05, 4.69) is 10.6 Å². The Hall–Kier alpha value is -1.39. The number of carbonyl (C=O) groups excluding carboxylic acids is 1. The number of hydrogen-bond donors (Lipinski definition) is 2. The predicted molar refractivity (Wildman–Crippen MR) is 80.7 cm³/mol. The first-order valence-corrected chi connectivity index (χ1v) is 7.43. The molecule has 0 unspecified atom stereocenters. The van der Waals surface area contributed by atoms with Gasteiger partial charge in [0.1, 0.15) is 0 Å². The van der Waals surface area contributed by atoms with Crippen LogP contribution < -0.4 is 10.6 Å². The van der Waals surface area contributed by atoms with Crippen LogP contribution >= 0.6 is 0 Å². The summed E-state index contributed by atoms with van der Waals surface area (Å²) in [7, 11) is 1.76. The van der Waals surface area contributed by atoms with Gasteiger partial charge in [-0.1, -0.05) is 31.4 Å².